The average molecular weight is 288 g/mol. The van der Waals surface area contributed by atoms with Crippen LogP contribution < -0.4 is 15.8 Å². The molecule has 3 N–H and O–H groups in total. The predicted molar refractivity (Wildman–Crippen MR) is 83.7 cm³/mol. The Morgan fingerprint density at radius 2 is 2.05 bits per heavy atom. The predicted octanol–water partition coefficient (Wildman–Crippen LogP) is 2.48. The molecule has 2 aromatic rings. The van der Waals surface area contributed by atoms with Crippen LogP contribution in [0.2, 0.25) is 0 Å². The van der Waals surface area contributed by atoms with Crippen molar-refractivity contribution in [2.75, 3.05) is 12.4 Å². The first kappa shape index (κ1) is 14.2. The Morgan fingerprint density at radius 1 is 1.30 bits per heavy atom. The maximum Gasteiger partial charge on any atom is 0.163 e. The van der Waals surface area contributed by atoms with Gasteiger partial charge in [0.25, 0.3) is 0 Å². The summed E-state index contributed by atoms with van der Waals surface area (Å²) in [5.41, 5.74) is 9.08. The lowest BCUT2D eigenvalue weighted by atomic mass is 10.1. The minimum Gasteiger partial charge on any atom is -0.497 e. The molecule has 0 radical (unpaired) electrons. The van der Waals surface area contributed by atoms with E-state index in [9.17, 15) is 0 Å². The SMILES string of the molecule is COc1cccc(Nc2nnc(C)c(C)c2C(N)=S)c1. The van der Waals surface area contributed by atoms with Crippen LogP contribution in [0.25, 0.3) is 0 Å². The molecule has 0 fully saturated rings. The second-order valence-corrected chi connectivity index (χ2v) is 4.80. The Kier molecular flexibility index (Phi) is 4.14. The third-order valence-electron chi connectivity index (χ3n) is 3.03. The van der Waals surface area contributed by atoms with Crippen molar-refractivity contribution in [1.82, 2.24) is 10.2 Å². The number of nitrogens with zero attached hydrogens (tertiary/aromatic N) is 2. The summed E-state index contributed by atoms with van der Waals surface area (Å²) in [7, 11) is 1.62. The molecule has 0 aliphatic carbocycles. The first-order chi connectivity index (χ1) is 9.52. The van der Waals surface area contributed by atoms with Gasteiger partial charge in [-0.3, -0.25) is 0 Å². The highest BCUT2D eigenvalue weighted by Crippen LogP contribution is 2.24. The summed E-state index contributed by atoms with van der Waals surface area (Å²) in [6.45, 7) is 3.80. The molecule has 0 atom stereocenters. The van der Waals surface area contributed by atoms with Crippen LogP contribution >= 0.6 is 12.2 Å². The van der Waals surface area contributed by atoms with Gasteiger partial charge < -0.3 is 15.8 Å². The van der Waals surface area contributed by atoms with Crippen molar-refractivity contribution in [3.8, 4) is 5.75 Å². The molecule has 1 aromatic heterocycles. The van der Waals surface area contributed by atoms with E-state index in [1.807, 2.05) is 38.1 Å². The topological polar surface area (TPSA) is 73.1 Å². The first-order valence-corrected chi connectivity index (χ1v) is 6.48. The molecule has 20 heavy (non-hydrogen) atoms. The van der Waals surface area contributed by atoms with Gasteiger partial charge in [-0.25, -0.2) is 0 Å². The molecule has 0 amide bonds. The Labute approximate surface area is 123 Å². The van der Waals surface area contributed by atoms with Gasteiger partial charge in [-0.2, -0.15) is 5.10 Å². The van der Waals surface area contributed by atoms with E-state index >= 15 is 0 Å². The fourth-order valence-electron chi connectivity index (χ4n) is 1.84. The van der Waals surface area contributed by atoms with E-state index in [2.05, 4.69) is 15.5 Å². The molecule has 6 heteroatoms. The smallest absolute Gasteiger partial charge is 0.163 e. The van der Waals surface area contributed by atoms with Gasteiger partial charge in [-0.1, -0.05) is 18.3 Å². The molecule has 5 nitrogen and oxygen atoms in total. The molecular weight excluding hydrogens is 272 g/mol. The van der Waals surface area contributed by atoms with Gasteiger partial charge in [0, 0.05) is 11.8 Å². The summed E-state index contributed by atoms with van der Waals surface area (Å²) >= 11 is 5.11. The standard InChI is InChI=1S/C14H16N4OS/c1-8-9(2)17-18-14(12(8)13(15)20)16-10-5-4-6-11(7-10)19-3/h4-7H,1-3H3,(H2,15,20)(H,16,18). The van der Waals surface area contributed by atoms with Crippen molar-refractivity contribution >= 4 is 28.7 Å². The van der Waals surface area contributed by atoms with E-state index < -0.39 is 0 Å². The number of anilines is 2. The summed E-state index contributed by atoms with van der Waals surface area (Å²) in [5, 5.41) is 11.4. The number of hydrogen-bond acceptors (Lipinski definition) is 5. The van der Waals surface area contributed by atoms with Gasteiger partial charge in [-0.05, 0) is 31.5 Å². The van der Waals surface area contributed by atoms with Crippen LogP contribution in [0.3, 0.4) is 0 Å². The van der Waals surface area contributed by atoms with Crippen LogP contribution in [-0.2, 0) is 0 Å². The summed E-state index contributed by atoms with van der Waals surface area (Å²) in [4.78, 5) is 0.297. The number of rotatable bonds is 4. The van der Waals surface area contributed by atoms with Crippen molar-refractivity contribution < 1.29 is 4.74 Å². The summed E-state index contributed by atoms with van der Waals surface area (Å²) in [6.07, 6.45) is 0. The van der Waals surface area contributed by atoms with E-state index in [-0.39, 0.29) is 0 Å². The third kappa shape index (κ3) is 2.85. The zero-order valence-corrected chi connectivity index (χ0v) is 12.4. The zero-order chi connectivity index (χ0) is 14.7. The highest BCUT2D eigenvalue weighted by Gasteiger charge is 2.13. The minimum absolute atomic E-state index is 0.297. The van der Waals surface area contributed by atoms with E-state index in [1.54, 1.807) is 7.11 Å². The van der Waals surface area contributed by atoms with Crippen molar-refractivity contribution in [2.45, 2.75) is 13.8 Å². The number of aryl methyl sites for hydroxylation is 1. The van der Waals surface area contributed by atoms with Crippen LogP contribution in [0.5, 0.6) is 5.75 Å². The van der Waals surface area contributed by atoms with Gasteiger partial charge in [0.1, 0.15) is 10.7 Å². The number of ether oxygens (including phenoxy) is 1. The van der Waals surface area contributed by atoms with Gasteiger partial charge in [0.2, 0.25) is 0 Å². The Bertz CT molecular complexity index is 658. The highest BCUT2D eigenvalue weighted by molar-refractivity contribution is 7.80. The van der Waals surface area contributed by atoms with Crippen molar-refractivity contribution in [3.63, 3.8) is 0 Å². The minimum atomic E-state index is 0.297. The second kappa shape index (κ2) is 5.83. The normalized spacial score (nSPS) is 10.2. The van der Waals surface area contributed by atoms with Gasteiger partial charge in [0.05, 0.1) is 18.4 Å². The quantitative estimate of drug-likeness (QED) is 0.842. The average Bonchev–Trinajstić information content (AvgIpc) is 2.43. The van der Waals surface area contributed by atoms with Gasteiger partial charge in [-0.15, -0.1) is 5.10 Å². The molecule has 1 heterocycles. The lowest BCUT2D eigenvalue weighted by molar-refractivity contribution is 0.415. The van der Waals surface area contributed by atoms with E-state index in [4.69, 9.17) is 22.7 Å². The van der Waals surface area contributed by atoms with E-state index in [0.717, 1.165) is 28.3 Å². The van der Waals surface area contributed by atoms with Crippen molar-refractivity contribution in [2.24, 2.45) is 5.73 Å². The summed E-state index contributed by atoms with van der Waals surface area (Å²) < 4.78 is 5.19. The molecule has 0 bridgehead atoms. The molecule has 1 aromatic carbocycles. The van der Waals surface area contributed by atoms with E-state index in [1.165, 1.54) is 0 Å². The molecular formula is C14H16N4OS. The zero-order valence-electron chi connectivity index (χ0n) is 11.6. The number of hydrogen-bond donors (Lipinski definition) is 2. The van der Waals surface area contributed by atoms with Crippen molar-refractivity contribution in [3.05, 3.63) is 41.1 Å². The number of methoxy groups -OCH3 is 1. The summed E-state index contributed by atoms with van der Waals surface area (Å²) in [5.74, 6) is 1.30. The molecule has 0 unspecified atom stereocenters. The molecule has 0 saturated heterocycles. The van der Waals surface area contributed by atoms with E-state index in [0.29, 0.717) is 10.8 Å². The number of benzene rings is 1. The summed E-state index contributed by atoms with van der Waals surface area (Å²) in [6, 6.07) is 7.52. The van der Waals surface area contributed by atoms with Gasteiger partial charge >= 0.3 is 0 Å². The monoisotopic (exact) mass is 288 g/mol. The second-order valence-electron chi connectivity index (χ2n) is 4.36. The molecule has 0 aliphatic heterocycles. The van der Waals surface area contributed by atoms with Crippen LogP contribution in [0, 0.1) is 13.8 Å². The van der Waals surface area contributed by atoms with Crippen LogP contribution in [-0.4, -0.2) is 22.3 Å². The fraction of sp³-hybridized carbons (Fsp3) is 0.214. The van der Waals surface area contributed by atoms with Gasteiger partial charge in [0.15, 0.2) is 5.82 Å². The number of aromatic nitrogens is 2. The molecule has 0 spiro atoms. The lowest BCUT2D eigenvalue weighted by Gasteiger charge is -2.13. The van der Waals surface area contributed by atoms with Crippen LogP contribution in [0.4, 0.5) is 11.5 Å². The maximum atomic E-state index is 5.79. The maximum absolute atomic E-state index is 5.79. The number of nitrogens with two attached hydrogens (primary N) is 1. The fourth-order valence-corrected chi connectivity index (χ4v) is 2.08. The Balaban J connectivity index is 2.43. The Morgan fingerprint density at radius 3 is 2.70 bits per heavy atom. The number of thiocarbonyl (C=S) groups is 1. The number of nitrogens with one attached hydrogen (secondary N) is 1. The molecule has 104 valence electrons. The largest absolute Gasteiger partial charge is 0.497 e. The highest BCUT2D eigenvalue weighted by atomic mass is 32.1. The third-order valence-corrected chi connectivity index (χ3v) is 3.24. The first-order valence-electron chi connectivity index (χ1n) is 6.07. The molecule has 2 rings (SSSR count). The molecule has 0 aliphatic rings. The van der Waals surface area contributed by atoms with Crippen molar-refractivity contribution in [1.29, 1.82) is 0 Å². The lowest BCUT2D eigenvalue weighted by Crippen LogP contribution is -2.16. The van der Waals surface area contributed by atoms with Crippen LogP contribution in [0.1, 0.15) is 16.8 Å². The molecule has 0 saturated carbocycles. The Hall–Kier alpha value is -2.21. The van der Waals surface area contributed by atoms with Crippen LogP contribution in [0.15, 0.2) is 24.3 Å².